The lowest BCUT2D eigenvalue weighted by molar-refractivity contribution is -0.00783. The molecule has 0 atom stereocenters. The van der Waals surface area contributed by atoms with Gasteiger partial charge in [0.2, 0.25) is 0 Å². The van der Waals surface area contributed by atoms with Gasteiger partial charge in [-0.2, -0.15) is 0 Å². The highest BCUT2D eigenvalue weighted by Gasteiger charge is 2.34. The Hall–Kier alpha value is -2.63. The lowest BCUT2D eigenvalue weighted by Gasteiger charge is -2.39. The molecule has 0 aromatic heterocycles. The minimum Gasteiger partial charge on any atom is -0.492 e. The Morgan fingerprint density at radius 2 is 1.88 bits per heavy atom. The monoisotopic (exact) mass is 559 g/mol. The maximum Gasteiger partial charge on any atom is 0.410 e. The fourth-order valence-electron chi connectivity index (χ4n) is 3.14. The van der Waals surface area contributed by atoms with Crippen molar-refractivity contribution in [2.45, 2.75) is 26.4 Å². The average molecular weight is 559 g/mol. The second kappa shape index (κ2) is 9.47. The van der Waals surface area contributed by atoms with Gasteiger partial charge in [0.1, 0.15) is 28.5 Å². The summed E-state index contributed by atoms with van der Waals surface area (Å²) in [5.74, 6) is -2.16. The molecule has 3 N–H and O–H groups in total. The van der Waals surface area contributed by atoms with E-state index in [1.807, 2.05) is 22.6 Å². The standard InChI is InChI=1S/C22H24F2IN3O4/c1-22(2,3)32-21(30)28-9-12(10-28)11-31-18-7-13(23)6-17(19(18)20(26)29)27-16-5-4-14(25)8-15(16)24/h4-8,12,27H,9-11H2,1-3H3,(H2,26,29). The van der Waals surface area contributed by atoms with Gasteiger partial charge in [0.25, 0.3) is 5.91 Å². The molecule has 7 nitrogen and oxygen atoms in total. The van der Waals surface area contributed by atoms with E-state index in [0.717, 1.165) is 12.1 Å². The minimum absolute atomic E-state index is 0.00315. The van der Waals surface area contributed by atoms with Gasteiger partial charge in [-0.05, 0) is 67.6 Å². The lowest BCUT2D eigenvalue weighted by Crippen LogP contribution is -2.53. The second-order valence-electron chi connectivity index (χ2n) is 8.50. The number of rotatable bonds is 6. The molecule has 172 valence electrons. The van der Waals surface area contributed by atoms with Crippen LogP contribution in [0.2, 0.25) is 0 Å². The molecule has 0 bridgehead atoms. The van der Waals surface area contributed by atoms with Gasteiger partial charge < -0.3 is 25.4 Å². The van der Waals surface area contributed by atoms with Crippen molar-refractivity contribution in [3.8, 4) is 5.75 Å². The molecule has 32 heavy (non-hydrogen) atoms. The van der Waals surface area contributed by atoms with Crippen molar-refractivity contribution in [2.24, 2.45) is 11.7 Å². The van der Waals surface area contributed by atoms with Gasteiger partial charge in [-0.3, -0.25) is 4.79 Å². The smallest absolute Gasteiger partial charge is 0.410 e. The summed E-state index contributed by atoms with van der Waals surface area (Å²) in [6, 6.07) is 6.56. The number of primary amides is 1. The van der Waals surface area contributed by atoms with Crippen LogP contribution in [0.25, 0.3) is 0 Å². The number of nitrogens with two attached hydrogens (primary N) is 1. The molecule has 0 saturated carbocycles. The molecule has 1 saturated heterocycles. The first-order chi connectivity index (χ1) is 14.9. The summed E-state index contributed by atoms with van der Waals surface area (Å²) < 4.78 is 40.2. The molecule has 0 aliphatic carbocycles. The van der Waals surface area contributed by atoms with Crippen LogP contribution < -0.4 is 15.8 Å². The molecule has 2 amide bonds. The number of carbonyl (C=O) groups excluding carboxylic acids is 2. The maximum absolute atomic E-state index is 14.2. The van der Waals surface area contributed by atoms with Crippen molar-refractivity contribution >= 4 is 46.0 Å². The van der Waals surface area contributed by atoms with Crippen LogP contribution in [0.15, 0.2) is 30.3 Å². The molecule has 1 heterocycles. The number of amides is 2. The zero-order valence-corrected chi connectivity index (χ0v) is 20.0. The maximum atomic E-state index is 14.2. The van der Waals surface area contributed by atoms with Gasteiger partial charge in [0.05, 0.1) is 18.0 Å². The van der Waals surface area contributed by atoms with E-state index in [1.165, 1.54) is 17.0 Å². The Balaban J connectivity index is 1.71. The normalized spacial score (nSPS) is 14.0. The third-order valence-electron chi connectivity index (χ3n) is 4.60. The highest BCUT2D eigenvalue weighted by molar-refractivity contribution is 14.1. The number of nitrogens with one attached hydrogen (secondary N) is 1. The van der Waals surface area contributed by atoms with Crippen LogP contribution in [0, 0.1) is 21.1 Å². The van der Waals surface area contributed by atoms with Crippen LogP contribution in [-0.2, 0) is 4.74 Å². The van der Waals surface area contributed by atoms with Gasteiger partial charge in [0, 0.05) is 28.6 Å². The highest BCUT2D eigenvalue weighted by atomic mass is 127. The van der Waals surface area contributed by atoms with E-state index in [1.54, 1.807) is 26.8 Å². The molecule has 0 radical (unpaired) electrons. The Bertz CT molecular complexity index is 1040. The number of ether oxygens (including phenoxy) is 2. The third-order valence-corrected chi connectivity index (χ3v) is 5.27. The number of hydrogen-bond acceptors (Lipinski definition) is 5. The van der Waals surface area contributed by atoms with Crippen molar-refractivity contribution < 1.29 is 27.8 Å². The SMILES string of the molecule is CC(C)(C)OC(=O)N1CC(COc2cc(F)cc(Nc3ccc(I)cc3F)c2C(N)=O)C1. The molecule has 3 rings (SSSR count). The summed E-state index contributed by atoms with van der Waals surface area (Å²) >= 11 is 1.96. The van der Waals surface area contributed by atoms with Crippen LogP contribution in [-0.4, -0.2) is 42.2 Å². The molecule has 10 heteroatoms. The molecule has 1 fully saturated rings. The first-order valence-electron chi connectivity index (χ1n) is 9.89. The highest BCUT2D eigenvalue weighted by Crippen LogP contribution is 2.32. The molecule has 0 spiro atoms. The first-order valence-corrected chi connectivity index (χ1v) is 11.0. The van der Waals surface area contributed by atoms with Crippen molar-refractivity contribution in [2.75, 3.05) is 25.0 Å². The Morgan fingerprint density at radius 1 is 1.19 bits per heavy atom. The summed E-state index contributed by atoms with van der Waals surface area (Å²) in [6.45, 7) is 6.32. The molecule has 1 aliphatic heterocycles. The van der Waals surface area contributed by atoms with Gasteiger partial charge in [-0.25, -0.2) is 13.6 Å². The molecule has 2 aromatic rings. The number of carbonyl (C=O) groups is 2. The zero-order chi connectivity index (χ0) is 23.6. The fraction of sp³-hybridized carbons (Fsp3) is 0.364. The topological polar surface area (TPSA) is 93.9 Å². The molecule has 1 aliphatic rings. The summed E-state index contributed by atoms with van der Waals surface area (Å²) in [4.78, 5) is 25.7. The van der Waals surface area contributed by atoms with Crippen LogP contribution in [0.4, 0.5) is 25.0 Å². The van der Waals surface area contributed by atoms with Gasteiger partial charge in [0.15, 0.2) is 0 Å². The minimum atomic E-state index is -0.850. The number of nitrogens with zero attached hydrogens (tertiary/aromatic N) is 1. The fourth-order valence-corrected chi connectivity index (χ4v) is 3.60. The van der Waals surface area contributed by atoms with E-state index in [4.69, 9.17) is 15.2 Å². The third kappa shape index (κ3) is 5.99. The van der Waals surface area contributed by atoms with Gasteiger partial charge in [-0.15, -0.1) is 0 Å². The average Bonchev–Trinajstić information content (AvgIpc) is 2.60. The zero-order valence-electron chi connectivity index (χ0n) is 17.9. The van der Waals surface area contributed by atoms with Crippen molar-refractivity contribution in [3.63, 3.8) is 0 Å². The van der Waals surface area contributed by atoms with Crippen molar-refractivity contribution in [1.82, 2.24) is 4.90 Å². The van der Waals surface area contributed by atoms with Crippen LogP contribution in [0.3, 0.4) is 0 Å². The molecule has 2 aromatic carbocycles. The van der Waals surface area contributed by atoms with E-state index < -0.39 is 29.2 Å². The van der Waals surface area contributed by atoms with Gasteiger partial charge >= 0.3 is 6.09 Å². The van der Waals surface area contributed by atoms with E-state index in [-0.39, 0.29) is 35.2 Å². The Kier molecular flexibility index (Phi) is 7.11. The quantitative estimate of drug-likeness (QED) is 0.503. The molecular weight excluding hydrogens is 535 g/mol. The van der Waals surface area contributed by atoms with E-state index in [2.05, 4.69) is 5.32 Å². The predicted octanol–water partition coefficient (Wildman–Crippen LogP) is 4.66. The summed E-state index contributed by atoms with van der Waals surface area (Å²) in [5.41, 5.74) is 4.90. The number of halogens is 3. The number of hydrogen-bond donors (Lipinski definition) is 2. The van der Waals surface area contributed by atoms with Crippen molar-refractivity contribution in [3.05, 3.63) is 51.1 Å². The summed E-state index contributed by atoms with van der Waals surface area (Å²) in [6.07, 6.45) is -0.414. The molecular formula is C22H24F2IN3O4. The lowest BCUT2D eigenvalue weighted by atomic mass is 10.0. The molecule has 0 unspecified atom stereocenters. The number of benzene rings is 2. The van der Waals surface area contributed by atoms with Crippen LogP contribution in [0.1, 0.15) is 31.1 Å². The summed E-state index contributed by atoms with van der Waals surface area (Å²) in [5, 5.41) is 2.72. The number of anilines is 2. The first kappa shape index (κ1) is 24.0. The number of likely N-dealkylation sites (tertiary alicyclic amines) is 1. The second-order valence-corrected chi connectivity index (χ2v) is 9.75. The Labute approximate surface area is 198 Å². The largest absolute Gasteiger partial charge is 0.492 e. The van der Waals surface area contributed by atoms with Crippen LogP contribution >= 0.6 is 22.6 Å². The van der Waals surface area contributed by atoms with E-state index in [9.17, 15) is 18.4 Å². The van der Waals surface area contributed by atoms with Crippen LogP contribution in [0.5, 0.6) is 5.75 Å². The van der Waals surface area contributed by atoms with Crippen molar-refractivity contribution in [1.29, 1.82) is 0 Å². The van der Waals surface area contributed by atoms with E-state index in [0.29, 0.717) is 16.7 Å². The predicted molar refractivity (Wildman–Crippen MR) is 124 cm³/mol. The summed E-state index contributed by atoms with van der Waals surface area (Å²) in [7, 11) is 0. The van der Waals surface area contributed by atoms with E-state index >= 15 is 0 Å². The Morgan fingerprint density at radius 3 is 2.47 bits per heavy atom. The van der Waals surface area contributed by atoms with Gasteiger partial charge in [-0.1, -0.05) is 0 Å².